The SMILES string of the molecule is O=C(NNC(=S)Nc1ccc(Cl)c(Cl)c1)c1ccc(-c2nnc(-c3ccccc3Cl)o2)cc1. The molecule has 0 unspecified atom stereocenters. The Balaban J connectivity index is 1.36. The van der Waals surface area contributed by atoms with Crippen LogP contribution in [0.15, 0.2) is 71.1 Å². The molecule has 11 heteroatoms. The Hall–Kier alpha value is -3.17. The zero-order valence-corrected chi connectivity index (χ0v) is 19.7. The van der Waals surface area contributed by atoms with Crippen molar-refractivity contribution in [3.63, 3.8) is 0 Å². The highest BCUT2D eigenvalue weighted by molar-refractivity contribution is 7.80. The molecule has 0 radical (unpaired) electrons. The van der Waals surface area contributed by atoms with Gasteiger partial charge in [-0.3, -0.25) is 15.6 Å². The molecule has 4 aromatic rings. The van der Waals surface area contributed by atoms with E-state index in [-0.39, 0.29) is 11.0 Å². The fourth-order valence-corrected chi connectivity index (χ4v) is 3.45. The van der Waals surface area contributed by atoms with Crippen molar-refractivity contribution in [3.8, 4) is 22.9 Å². The summed E-state index contributed by atoms with van der Waals surface area (Å²) in [5.41, 5.74) is 7.46. The summed E-state index contributed by atoms with van der Waals surface area (Å²) < 4.78 is 5.73. The first-order valence-electron chi connectivity index (χ1n) is 9.42. The van der Waals surface area contributed by atoms with Crippen molar-refractivity contribution in [3.05, 3.63) is 87.4 Å². The number of amides is 1. The lowest BCUT2D eigenvalue weighted by molar-refractivity contribution is 0.0944. The van der Waals surface area contributed by atoms with Crippen molar-refractivity contribution in [2.75, 3.05) is 5.32 Å². The van der Waals surface area contributed by atoms with Crippen molar-refractivity contribution in [1.29, 1.82) is 0 Å². The number of hydrogen-bond donors (Lipinski definition) is 3. The topological polar surface area (TPSA) is 92.1 Å². The monoisotopic (exact) mass is 517 g/mol. The van der Waals surface area contributed by atoms with Crippen LogP contribution in [-0.4, -0.2) is 21.2 Å². The summed E-state index contributed by atoms with van der Waals surface area (Å²) >= 11 is 23.2. The van der Waals surface area contributed by atoms with Gasteiger partial charge < -0.3 is 9.73 Å². The molecule has 0 fully saturated rings. The van der Waals surface area contributed by atoms with Gasteiger partial charge in [0.25, 0.3) is 5.91 Å². The number of carbonyl (C=O) groups excluding carboxylic acids is 1. The van der Waals surface area contributed by atoms with Crippen molar-refractivity contribution >= 4 is 63.7 Å². The van der Waals surface area contributed by atoms with Gasteiger partial charge in [0.15, 0.2) is 5.11 Å². The molecule has 0 atom stereocenters. The number of rotatable bonds is 4. The lowest BCUT2D eigenvalue weighted by Crippen LogP contribution is -2.43. The summed E-state index contributed by atoms with van der Waals surface area (Å²) in [6.45, 7) is 0. The van der Waals surface area contributed by atoms with Crippen LogP contribution in [0.1, 0.15) is 10.4 Å². The largest absolute Gasteiger partial charge is 0.416 e. The molecule has 1 amide bonds. The molecule has 7 nitrogen and oxygen atoms in total. The van der Waals surface area contributed by atoms with Crippen molar-refractivity contribution in [1.82, 2.24) is 21.0 Å². The fourth-order valence-electron chi connectivity index (χ4n) is 2.77. The highest BCUT2D eigenvalue weighted by Crippen LogP contribution is 2.29. The van der Waals surface area contributed by atoms with Gasteiger partial charge in [0.05, 0.1) is 20.6 Å². The van der Waals surface area contributed by atoms with Crippen LogP contribution in [-0.2, 0) is 0 Å². The highest BCUT2D eigenvalue weighted by atomic mass is 35.5. The van der Waals surface area contributed by atoms with Gasteiger partial charge in [0, 0.05) is 16.8 Å². The van der Waals surface area contributed by atoms with Crippen LogP contribution in [0.25, 0.3) is 22.9 Å². The number of aromatic nitrogens is 2. The molecule has 3 aromatic carbocycles. The number of anilines is 1. The summed E-state index contributed by atoms with van der Waals surface area (Å²) in [7, 11) is 0. The quantitative estimate of drug-likeness (QED) is 0.225. The predicted molar refractivity (Wildman–Crippen MR) is 133 cm³/mol. The van der Waals surface area contributed by atoms with Crippen LogP contribution < -0.4 is 16.2 Å². The minimum Gasteiger partial charge on any atom is -0.416 e. The molecule has 0 saturated carbocycles. The minimum atomic E-state index is -0.387. The highest BCUT2D eigenvalue weighted by Gasteiger charge is 2.14. The zero-order chi connectivity index (χ0) is 23.4. The Morgan fingerprint density at radius 2 is 1.55 bits per heavy atom. The molecule has 4 rings (SSSR count). The molecule has 3 N–H and O–H groups in total. The Morgan fingerprint density at radius 1 is 0.818 bits per heavy atom. The fraction of sp³-hybridized carbons (Fsp3) is 0. The second kappa shape index (κ2) is 10.2. The van der Waals surface area contributed by atoms with Crippen LogP contribution in [0.2, 0.25) is 15.1 Å². The van der Waals surface area contributed by atoms with Crippen LogP contribution in [0, 0.1) is 0 Å². The first-order valence-corrected chi connectivity index (χ1v) is 11.0. The molecule has 0 aliphatic carbocycles. The van der Waals surface area contributed by atoms with E-state index < -0.39 is 0 Å². The van der Waals surface area contributed by atoms with Gasteiger partial charge in [-0.2, -0.15) is 0 Å². The number of nitrogens with one attached hydrogen (secondary N) is 3. The molecule has 166 valence electrons. The predicted octanol–water partition coefficient (Wildman–Crippen LogP) is 6.00. The van der Waals surface area contributed by atoms with Crippen molar-refractivity contribution in [2.24, 2.45) is 0 Å². The number of halogens is 3. The van der Waals surface area contributed by atoms with Gasteiger partial charge in [0.1, 0.15) is 0 Å². The van der Waals surface area contributed by atoms with Crippen LogP contribution in [0.5, 0.6) is 0 Å². The van der Waals surface area contributed by atoms with E-state index in [2.05, 4.69) is 26.4 Å². The molecular formula is C22H14Cl3N5O2S. The maximum Gasteiger partial charge on any atom is 0.269 e. The minimum absolute atomic E-state index is 0.177. The van der Waals surface area contributed by atoms with E-state index in [1.807, 2.05) is 12.1 Å². The molecule has 0 bridgehead atoms. The van der Waals surface area contributed by atoms with E-state index in [1.54, 1.807) is 54.6 Å². The van der Waals surface area contributed by atoms with E-state index in [1.165, 1.54) is 0 Å². The number of hydrazine groups is 1. The Morgan fingerprint density at radius 3 is 2.27 bits per heavy atom. The smallest absolute Gasteiger partial charge is 0.269 e. The second-order valence-corrected chi connectivity index (χ2v) is 8.26. The summed E-state index contributed by atoms with van der Waals surface area (Å²) in [5.74, 6) is 0.230. The number of benzene rings is 3. The van der Waals surface area contributed by atoms with Gasteiger partial charge in [-0.1, -0.05) is 46.9 Å². The molecule has 33 heavy (non-hydrogen) atoms. The molecule has 1 heterocycles. The third kappa shape index (κ3) is 5.61. The number of carbonyl (C=O) groups is 1. The van der Waals surface area contributed by atoms with Gasteiger partial charge in [-0.15, -0.1) is 10.2 Å². The van der Waals surface area contributed by atoms with Gasteiger partial charge in [-0.05, 0) is 66.8 Å². The second-order valence-electron chi connectivity index (χ2n) is 6.63. The van der Waals surface area contributed by atoms with E-state index in [0.717, 1.165) is 0 Å². The summed E-state index contributed by atoms with van der Waals surface area (Å²) in [6, 6.07) is 18.8. The first-order chi connectivity index (χ1) is 15.9. The third-order valence-electron chi connectivity index (χ3n) is 4.39. The molecule has 0 spiro atoms. The molecule has 0 aliphatic rings. The van der Waals surface area contributed by atoms with Gasteiger partial charge in [-0.25, -0.2) is 0 Å². The summed E-state index contributed by atoms with van der Waals surface area (Å²) in [6.07, 6.45) is 0. The van der Waals surface area contributed by atoms with E-state index >= 15 is 0 Å². The third-order valence-corrected chi connectivity index (χ3v) is 5.66. The number of thiocarbonyl (C=S) groups is 1. The molecule has 0 saturated heterocycles. The maximum atomic E-state index is 12.4. The van der Waals surface area contributed by atoms with Crippen LogP contribution in [0.3, 0.4) is 0 Å². The average molecular weight is 519 g/mol. The lowest BCUT2D eigenvalue weighted by atomic mass is 10.1. The Labute approximate surface area is 209 Å². The van der Waals surface area contributed by atoms with Gasteiger partial charge >= 0.3 is 0 Å². The zero-order valence-electron chi connectivity index (χ0n) is 16.6. The standard InChI is InChI=1S/C22H14Cl3N5O2S/c23-16-4-2-1-3-15(16)21-29-28-20(32-21)13-7-5-12(6-8-13)19(31)27-30-22(33)26-14-9-10-17(24)18(25)11-14/h1-11H,(H,27,31)(H2,26,30,33). The maximum absolute atomic E-state index is 12.4. The molecule has 0 aliphatic heterocycles. The number of nitrogens with zero attached hydrogens (tertiary/aromatic N) is 2. The molecule has 1 aromatic heterocycles. The van der Waals surface area contributed by atoms with Gasteiger partial charge in [0.2, 0.25) is 11.8 Å². The normalized spacial score (nSPS) is 10.5. The Bertz CT molecular complexity index is 1330. The molecular weight excluding hydrogens is 505 g/mol. The van der Waals surface area contributed by atoms with Crippen LogP contribution >= 0.6 is 47.0 Å². The van der Waals surface area contributed by atoms with E-state index in [0.29, 0.717) is 49.2 Å². The van der Waals surface area contributed by atoms with Crippen LogP contribution in [0.4, 0.5) is 5.69 Å². The van der Waals surface area contributed by atoms with Crippen molar-refractivity contribution < 1.29 is 9.21 Å². The lowest BCUT2D eigenvalue weighted by Gasteiger charge is -2.12. The Kier molecular flexibility index (Phi) is 7.10. The number of hydrogen-bond acceptors (Lipinski definition) is 5. The van der Waals surface area contributed by atoms with E-state index in [9.17, 15) is 4.79 Å². The summed E-state index contributed by atoms with van der Waals surface area (Å²) in [4.78, 5) is 12.4. The van der Waals surface area contributed by atoms with E-state index in [4.69, 9.17) is 51.4 Å². The average Bonchev–Trinajstić information content (AvgIpc) is 3.30. The first kappa shape index (κ1) is 23.0. The van der Waals surface area contributed by atoms with Crippen molar-refractivity contribution in [2.45, 2.75) is 0 Å². The summed E-state index contributed by atoms with van der Waals surface area (Å²) in [5, 5.41) is 12.5.